The molecule has 1 unspecified atom stereocenters. The lowest BCUT2D eigenvalue weighted by atomic mass is 10.0. The number of thiophene rings is 1. The minimum Gasteiger partial charge on any atom is -0.464 e. The Kier molecular flexibility index (Phi) is 4.43. The molecule has 1 fully saturated rings. The van der Waals surface area contributed by atoms with Gasteiger partial charge in [0, 0.05) is 18.5 Å². The molecule has 8 nitrogen and oxygen atoms in total. The Labute approximate surface area is 158 Å². The second-order valence-electron chi connectivity index (χ2n) is 6.21. The van der Waals surface area contributed by atoms with Gasteiger partial charge in [-0.05, 0) is 25.0 Å². The number of ether oxygens (including phenoxy) is 1. The molecule has 4 heterocycles. The normalized spacial score (nSPS) is 16.5. The van der Waals surface area contributed by atoms with Crippen molar-refractivity contribution < 1.29 is 13.9 Å². The van der Waals surface area contributed by atoms with Gasteiger partial charge in [-0.25, -0.2) is 4.98 Å². The van der Waals surface area contributed by atoms with Crippen molar-refractivity contribution >= 4 is 39.0 Å². The molecule has 0 aliphatic carbocycles. The van der Waals surface area contributed by atoms with Crippen molar-refractivity contribution in [3.63, 3.8) is 0 Å². The number of fused-ring (bicyclic) bond motifs is 1. The van der Waals surface area contributed by atoms with E-state index in [0.717, 1.165) is 30.8 Å². The molecule has 1 atom stereocenters. The topological polar surface area (TPSA) is 140 Å². The largest absolute Gasteiger partial charge is 0.464 e. The van der Waals surface area contributed by atoms with E-state index >= 15 is 0 Å². The van der Waals surface area contributed by atoms with Crippen molar-refractivity contribution in [1.29, 1.82) is 5.26 Å². The third-order valence-corrected chi connectivity index (χ3v) is 5.60. The van der Waals surface area contributed by atoms with Crippen LogP contribution in [0.3, 0.4) is 0 Å². The average Bonchev–Trinajstić information content (AvgIpc) is 3.41. The Morgan fingerprint density at radius 3 is 3.00 bits per heavy atom. The van der Waals surface area contributed by atoms with Crippen LogP contribution in [0.15, 0.2) is 22.8 Å². The van der Waals surface area contributed by atoms with E-state index in [1.54, 1.807) is 12.1 Å². The molecule has 5 N–H and O–H groups in total. The molecule has 27 heavy (non-hydrogen) atoms. The number of nitrogens with one attached hydrogen (secondary N) is 1. The molecule has 0 aromatic carbocycles. The summed E-state index contributed by atoms with van der Waals surface area (Å²) in [6.07, 6.45) is 3.45. The highest BCUT2D eigenvalue weighted by Crippen LogP contribution is 2.42. The molecule has 0 bridgehead atoms. The average molecular weight is 383 g/mol. The van der Waals surface area contributed by atoms with Crippen molar-refractivity contribution in [3.05, 3.63) is 28.8 Å². The number of rotatable bonds is 4. The Bertz CT molecular complexity index is 1050. The van der Waals surface area contributed by atoms with E-state index in [0.29, 0.717) is 33.0 Å². The fourth-order valence-corrected chi connectivity index (χ4v) is 4.24. The predicted molar refractivity (Wildman–Crippen MR) is 102 cm³/mol. The molecule has 138 valence electrons. The number of pyridine rings is 1. The van der Waals surface area contributed by atoms with Crippen LogP contribution in [0.2, 0.25) is 0 Å². The third-order valence-electron chi connectivity index (χ3n) is 4.50. The number of furan rings is 1. The van der Waals surface area contributed by atoms with Gasteiger partial charge in [-0.3, -0.25) is 4.79 Å². The fourth-order valence-electron chi connectivity index (χ4n) is 3.21. The van der Waals surface area contributed by atoms with E-state index < -0.39 is 0 Å². The van der Waals surface area contributed by atoms with Crippen LogP contribution in [0.1, 0.15) is 28.1 Å². The first-order valence-corrected chi connectivity index (χ1v) is 9.27. The van der Waals surface area contributed by atoms with Gasteiger partial charge >= 0.3 is 0 Å². The highest BCUT2D eigenvalue weighted by atomic mass is 32.1. The number of anilines is 2. The first-order chi connectivity index (χ1) is 13.1. The number of hydrogen-bond acceptors (Lipinski definition) is 8. The lowest BCUT2D eigenvalue weighted by Gasteiger charge is -2.10. The summed E-state index contributed by atoms with van der Waals surface area (Å²) < 4.78 is 11.0. The van der Waals surface area contributed by atoms with E-state index in [2.05, 4.69) is 16.4 Å². The van der Waals surface area contributed by atoms with Gasteiger partial charge < -0.3 is 25.9 Å². The summed E-state index contributed by atoms with van der Waals surface area (Å²) >= 11 is 1.14. The number of nitriles is 1. The van der Waals surface area contributed by atoms with E-state index in [1.807, 2.05) is 0 Å². The highest BCUT2D eigenvalue weighted by molar-refractivity contribution is 7.21. The molecule has 3 aromatic heterocycles. The Morgan fingerprint density at radius 1 is 1.48 bits per heavy atom. The molecule has 0 spiro atoms. The fraction of sp³-hybridized carbons (Fsp3) is 0.278. The molecular formula is C18H17N5O3S. The van der Waals surface area contributed by atoms with Crippen molar-refractivity contribution in [2.45, 2.75) is 18.9 Å². The lowest BCUT2D eigenvalue weighted by molar-refractivity contribution is 0.0862. The number of nitrogen functional groups attached to an aromatic ring is 2. The number of amides is 1. The quantitative estimate of drug-likeness (QED) is 0.628. The van der Waals surface area contributed by atoms with Crippen LogP contribution < -0.4 is 16.8 Å². The first kappa shape index (κ1) is 17.3. The molecule has 9 heteroatoms. The van der Waals surface area contributed by atoms with Crippen LogP contribution in [-0.2, 0) is 4.74 Å². The number of carbonyl (C=O) groups excluding carboxylic acids is 1. The highest BCUT2D eigenvalue weighted by Gasteiger charge is 2.26. The summed E-state index contributed by atoms with van der Waals surface area (Å²) in [6, 6.07) is 5.47. The SMILES string of the molecule is N#Cc1c(N)nc2sc(C(=O)NCC3CCCO3)c(N)c2c1-c1ccco1. The number of aromatic nitrogens is 1. The van der Waals surface area contributed by atoms with E-state index in [4.69, 9.17) is 20.6 Å². The number of hydrogen-bond donors (Lipinski definition) is 3. The van der Waals surface area contributed by atoms with Gasteiger partial charge in [0.1, 0.15) is 32.9 Å². The maximum Gasteiger partial charge on any atom is 0.263 e. The minimum absolute atomic E-state index is 0.0298. The molecule has 0 saturated carbocycles. The number of carbonyl (C=O) groups is 1. The standard InChI is InChI=1S/C18H17N5O3S/c19-7-10-12(11-4-2-6-26-11)13-14(20)15(27-18(13)23-16(10)21)17(24)22-8-9-3-1-5-25-9/h2,4,6,9H,1,3,5,8,20H2,(H2,21,23)(H,22,24). The molecule has 1 amide bonds. The Balaban J connectivity index is 1.78. The summed E-state index contributed by atoms with van der Waals surface area (Å²) in [5.41, 5.74) is 13.1. The van der Waals surface area contributed by atoms with Crippen LogP contribution in [0.25, 0.3) is 21.5 Å². The zero-order chi connectivity index (χ0) is 19.0. The number of nitrogens with two attached hydrogens (primary N) is 2. The molecular weight excluding hydrogens is 366 g/mol. The van der Waals surface area contributed by atoms with Crippen molar-refractivity contribution in [3.8, 4) is 17.4 Å². The van der Waals surface area contributed by atoms with Gasteiger partial charge in [-0.1, -0.05) is 0 Å². The molecule has 1 aliphatic rings. The molecule has 1 aliphatic heterocycles. The number of nitrogens with zero attached hydrogens (tertiary/aromatic N) is 2. The van der Waals surface area contributed by atoms with Gasteiger partial charge in [0.15, 0.2) is 0 Å². The zero-order valence-electron chi connectivity index (χ0n) is 14.3. The monoisotopic (exact) mass is 383 g/mol. The lowest BCUT2D eigenvalue weighted by Crippen LogP contribution is -2.31. The van der Waals surface area contributed by atoms with E-state index in [-0.39, 0.29) is 29.1 Å². The van der Waals surface area contributed by atoms with Gasteiger partial charge in [0.25, 0.3) is 5.91 Å². The van der Waals surface area contributed by atoms with E-state index in [1.165, 1.54) is 6.26 Å². The summed E-state index contributed by atoms with van der Waals surface area (Å²) in [6.45, 7) is 1.15. The van der Waals surface area contributed by atoms with Crippen LogP contribution in [0, 0.1) is 11.3 Å². The smallest absolute Gasteiger partial charge is 0.263 e. The maximum atomic E-state index is 12.6. The summed E-state index contributed by atoms with van der Waals surface area (Å²) in [7, 11) is 0. The molecule has 1 saturated heterocycles. The summed E-state index contributed by atoms with van der Waals surface area (Å²) in [5.74, 6) is 0.221. The van der Waals surface area contributed by atoms with Crippen molar-refractivity contribution in [1.82, 2.24) is 10.3 Å². The maximum absolute atomic E-state index is 12.6. The van der Waals surface area contributed by atoms with Gasteiger partial charge in [-0.15, -0.1) is 11.3 Å². The van der Waals surface area contributed by atoms with Gasteiger partial charge in [-0.2, -0.15) is 5.26 Å². The third kappa shape index (κ3) is 2.99. The Morgan fingerprint density at radius 2 is 2.33 bits per heavy atom. The predicted octanol–water partition coefficient (Wildman–Crippen LogP) is 2.50. The second kappa shape index (κ2) is 6.90. The Hall–Kier alpha value is -3.09. The van der Waals surface area contributed by atoms with Crippen LogP contribution >= 0.6 is 11.3 Å². The molecule has 4 rings (SSSR count). The second-order valence-corrected chi connectivity index (χ2v) is 7.21. The van der Waals surface area contributed by atoms with Crippen LogP contribution in [0.4, 0.5) is 11.5 Å². The summed E-state index contributed by atoms with van der Waals surface area (Å²) in [4.78, 5) is 17.7. The minimum atomic E-state index is -0.298. The van der Waals surface area contributed by atoms with Crippen LogP contribution in [0.5, 0.6) is 0 Å². The zero-order valence-corrected chi connectivity index (χ0v) is 15.1. The summed E-state index contributed by atoms with van der Waals surface area (Å²) in [5, 5.41) is 12.9. The first-order valence-electron chi connectivity index (χ1n) is 8.45. The van der Waals surface area contributed by atoms with Crippen LogP contribution in [-0.4, -0.2) is 30.1 Å². The van der Waals surface area contributed by atoms with Gasteiger partial charge in [0.05, 0.1) is 23.6 Å². The molecule has 0 radical (unpaired) electrons. The van der Waals surface area contributed by atoms with E-state index in [9.17, 15) is 10.1 Å². The van der Waals surface area contributed by atoms with Crippen molar-refractivity contribution in [2.75, 3.05) is 24.6 Å². The van der Waals surface area contributed by atoms with Gasteiger partial charge in [0.2, 0.25) is 0 Å². The van der Waals surface area contributed by atoms with Crippen molar-refractivity contribution in [2.24, 2.45) is 0 Å². The molecule has 3 aromatic rings.